The molecule has 30 nitrogen and oxygen atoms in total. The smallest absolute Gasteiger partial charge is 0.308 e. The summed E-state index contributed by atoms with van der Waals surface area (Å²) >= 11 is 0. The highest BCUT2D eigenvalue weighted by Crippen LogP contribution is 2.39. The third kappa shape index (κ3) is 24.4. The molecular formula is C65H105N3O27. The summed E-state index contributed by atoms with van der Waals surface area (Å²) in [7, 11) is 0. The number of esters is 1. The van der Waals surface area contributed by atoms with Gasteiger partial charge in [0.05, 0.1) is 118 Å². The van der Waals surface area contributed by atoms with Gasteiger partial charge in [0.15, 0.2) is 18.4 Å². The molecule has 1 amide bonds. The highest BCUT2D eigenvalue weighted by atomic mass is 16.7. The molecule has 95 heavy (non-hydrogen) atoms. The van der Waals surface area contributed by atoms with Crippen LogP contribution in [0.15, 0.2) is 85.1 Å². The first kappa shape index (κ1) is 80.1. The van der Waals surface area contributed by atoms with Gasteiger partial charge in [-0.2, -0.15) is 0 Å². The molecule has 0 aromatic rings. The molecule has 6 rings (SSSR count). The molecule has 6 aliphatic rings. The molecule has 3 unspecified atom stereocenters. The Morgan fingerprint density at radius 1 is 0.653 bits per heavy atom. The second-order valence-corrected chi connectivity index (χ2v) is 25.6. The van der Waals surface area contributed by atoms with Crippen LogP contribution in [-0.4, -0.2) is 315 Å². The minimum absolute atomic E-state index is 0.151. The Balaban J connectivity index is 1.25. The van der Waals surface area contributed by atoms with E-state index < -0.39 is 221 Å². The maximum Gasteiger partial charge on any atom is 0.308 e. The van der Waals surface area contributed by atoms with Crippen molar-refractivity contribution in [1.82, 2.24) is 15.5 Å². The quantitative estimate of drug-likeness (QED) is 0.0610. The molecule has 30 heteroatoms. The second-order valence-electron chi connectivity index (χ2n) is 25.6. The van der Waals surface area contributed by atoms with E-state index in [0.29, 0.717) is 39.3 Å². The lowest BCUT2D eigenvalue weighted by Gasteiger charge is -2.48. The van der Waals surface area contributed by atoms with Crippen molar-refractivity contribution in [2.24, 2.45) is 11.8 Å². The lowest BCUT2D eigenvalue weighted by atomic mass is 9.82. The highest BCUT2D eigenvalue weighted by Gasteiger charge is 2.55. The molecule has 0 aromatic carbocycles. The number of aliphatic hydroxyl groups is 17. The van der Waals surface area contributed by atoms with Crippen molar-refractivity contribution in [2.45, 2.75) is 237 Å². The first-order chi connectivity index (χ1) is 45.1. The topological polar surface area (TPSA) is 479 Å². The van der Waals surface area contributed by atoms with Crippen LogP contribution in [0.5, 0.6) is 0 Å². The van der Waals surface area contributed by atoms with Crippen LogP contribution in [0.1, 0.15) is 85.0 Å². The van der Waals surface area contributed by atoms with Crippen LogP contribution < -0.4 is 10.6 Å². The van der Waals surface area contributed by atoms with Crippen molar-refractivity contribution in [3.05, 3.63) is 85.1 Å². The largest absolute Gasteiger partial charge is 0.462 e. The zero-order valence-electron chi connectivity index (χ0n) is 54.1. The number of carbonyl (C=O) groups is 2. The van der Waals surface area contributed by atoms with Crippen molar-refractivity contribution in [3.63, 3.8) is 0 Å². The number of ether oxygens (including phenoxy) is 8. The predicted octanol–water partition coefficient (Wildman–Crippen LogP) is -4.52. The van der Waals surface area contributed by atoms with Crippen molar-refractivity contribution >= 4 is 11.9 Å². The van der Waals surface area contributed by atoms with Crippen LogP contribution in [0.2, 0.25) is 0 Å². The summed E-state index contributed by atoms with van der Waals surface area (Å²) in [6.45, 7) is 5.78. The lowest BCUT2D eigenvalue weighted by Crippen LogP contribution is -2.70. The van der Waals surface area contributed by atoms with Crippen molar-refractivity contribution in [2.75, 3.05) is 59.2 Å². The molecular weight excluding hydrogens is 1250 g/mol. The molecule has 0 saturated carbocycles. The number of hydrogen-bond donors (Lipinski definition) is 19. The van der Waals surface area contributed by atoms with Crippen LogP contribution in [0.25, 0.3) is 0 Å². The third-order valence-corrected chi connectivity index (χ3v) is 18.1. The normalized spacial score (nSPS) is 45.1. The van der Waals surface area contributed by atoms with Crippen LogP contribution in [0, 0.1) is 11.8 Å². The minimum Gasteiger partial charge on any atom is -0.462 e. The molecule has 27 atom stereocenters. The SMILES string of the molecule is C[C@@H]1[C@H](O)C\C=C/C=C\C=C/C=C\C=C/C=C\C=C/[C@H](O[C@@H]2O[C@H](C)[C@@H](O)[C@H](NC[C@@]3(O)OC[C@@H](O)[C@@H](O[C@@H]4O[C@H](CO)[C@@H](O)[C@H](O)C4O)[C@@H]3O)[C@@H]2O)CC2O[C@](O)(C[C@@H](O)C[C@@H](O)[C@H](O)CC[C@@H](O)C[C@@H](O)CC(=O)O[C@H]1C)C[C@H](O)C2C(=O)NCCCN1CCOCC1. The maximum atomic E-state index is 14.4. The van der Waals surface area contributed by atoms with Gasteiger partial charge in [-0.05, 0) is 52.5 Å². The molecule has 6 heterocycles. The van der Waals surface area contributed by atoms with Gasteiger partial charge in [0.1, 0.15) is 54.9 Å². The number of hydrogen-bond acceptors (Lipinski definition) is 29. The van der Waals surface area contributed by atoms with Crippen LogP contribution >= 0.6 is 0 Å². The van der Waals surface area contributed by atoms with E-state index in [4.69, 9.17) is 37.9 Å². The molecule has 0 aromatic heterocycles. The summed E-state index contributed by atoms with van der Waals surface area (Å²) in [6.07, 6.45) is -12.8. The lowest BCUT2D eigenvalue weighted by molar-refractivity contribution is -0.368. The zero-order valence-corrected chi connectivity index (χ0v) is 54.1. The fourth-order valence-electron chi connectivity index (χ4n) is 12.2. The minimum atomic E-state index is -2.67. The summed E-state index contributed by atoms with van der Waals surface area (Å²) in [5, 5.41) is 194. The fraction of sp³-hybridized carbons (Fsp3) is 0.754. The van der Waals surface area contributed by atoms with E-state index in [2.05, 4.69) is 15.5 Å². The van der Waals surface area contributed by atoms with Crippen molar-refractivity contribution in [1.29, 1.82) is 0 Å². The van der Waals surface area contributed by atoms with E-state index in [0.717, 1.165) is 0 Å². The number of nitrogens with one attached hydrogen (secondary N) is 2. The summed E-state index contributed by atoms with van der Waals surface area (Å²) in [5.74, 6) is -8.40. The van der Waals surface area contributed by atoms with Gasteiger partial charge in [-0.1, -0.05) is 92.0 Å². The Morgan fingerprint density at radius 3 is 1.96 bits per heavy atom. The summed E-state index contributed by atoms with van der Waals surface area (Å²) < 4.78 is 46.3. The van der Waals surface area contributed by atoms with Gasteiger partial charge in [-0.3, -0.25) is 14.5 Å². The second kappa shape index (κ2) is 39.2. The van der Waals surface area contributed by atoms with Crippen LogP contribution in [0.4, 0.5) is 0 Å². The number of aliphatic hydroxyl groups excluding tert-OH is 15. The van der Waals surface area contributed by atoms with Gasteiger partial charge in [0, 0.05) is 51.2 Å². The summed E-state index contributed by atoms with van der Waals surface area (Å²) in [6, 6.07) is -1.47. The number of carbonyl (C=O) groups excluding carboxylic acids is 2. The Bertz CT molecular complexity index is 2500. The van der Waals surface area contributed by atoms with Crippen molar-refractivity contribution in [3.8, 4) is 0 Å². The Kier molecular flexibility index (Phi) is 33.0. The Labute approximate surface area is 553 Å². The molecule has 2 bridgehead atoms. The van der Waals surface area contributed by atoms with Gasteiger partial charge in [-0.15, -0.1) is 0 Å². The van der Waals surface area contributed by atoms with E-state index >= 15 is 0 Å². The number of nitrogens with zero attached hydrogens (tertiary/aromatic N) is 1. The van der Waals surface area contributed by atoms with Gasteiger partial charge in [0.2, 0.25) is 11.7 Å². The third-order valence-electron chi connectivity index (χ3n) is 18.1. The monoisotopic (exact) mass is 1360 g/mol. The number of allylic oxidation sites excluding steroid dienone is 12. The van der Waals surface area contributed by atoms with Gasteiger partial charge >= 0.3 is 5.97 Å². The number of morpholine rings is 1. The Morgan fingerprint density at radius 2 is 1.29 bits per heavy atom. The van der Waals surface area contributed by atoms with Crippen LogP contribution in [-0.2, 0) is 47.5 Å². The molecule has 6 aliphatic heterocycles. The predicted molar refractivity (Wildman–Crippen MR) is 335 cm³/mol. The molecule has 0 radical (unpaired) electrons. The van der Waals surface area contributed by atoms with Crippen LogP contribution in [0.3, 0.4) is 0 Å². The molecule has 0 aliphatic carbocycles. The molecule has 5 fully saturated rings. The van der Waals surface area contributed by atoms with Gasteiger partial charge in [-0.25, -0.2) is 0 Å². The van der Waals surface area contributed by atoms with E-state index in [1.807, 2.05) is 0 Å². The highest BCUT2D eigenvalue weighted by molar-refractivity contribution is 5.80. The molecule has 542 valence electrons. The van der Waals surface area contributed by atoms with E-state index in [-0.39, 0.29) is 38.6 Å². The van der Waals surface area contributed by atoms with Gasteiger partial charge in [0.25, 0.3) is 0 Å². The number of cyclic esters (lactones) is 1. The standard InChI is InChI=1S/C65H105N3O27/c1-37-38(2)90-51(78)30-41(71)28-40(70)20-21-45(74)46(75)29-42(72)32-64(86)33-47(76)52(61(85)66-22-17-23-68-24-26-88-27-25-68)49(95-64)31-43(18-15-13-11-9-7-5-4-6-8-10-12-14-16-19-44(37)73)92-62-56(81)53(54(79)39(3)91-62)67-36-65(87)60(84)59(48(77)35-89-65)94-63-58(83)57(82)55(80)50(34-69)93-63/h4-16,18,37-50,52-60,62-63,67,69-77,79-84,86-87H,17,19-36H2,1-3H3,(H,66,85)/b5-4-,8-6-,9-7-,12-10-,13-11-,16-14-,18-15-/t37-,38-,39+,40+,41+,42-,43-,44+,45+,46+,47-,48+,49?,50+,52?,53-,54+,55+,56-,57-,58?,59+,60-,62-,63-,64+,65+/m0/s1. The number of rotatable bonds is 13. The average molecular weight is 1360 g/mol. The summed E-state index contributed by atoms with van der Waals surface area (Å²) in [5.41, 5.74) is 0. The zero-order chi connectivity index (χ0) is 69.6. The van der Waals surface area contributed by atoms with Gasteiger partial charge < -0.3 is 135 Å². The Hall–Kier alpha value is -3.92. The maximum absolute atomic E-state index is 14.4. The average Bonchev–Trinajstić information content (AvgIpc) is 0.790. The summed E-state index contributed by atoms with van der Waals surface area (Å²) in [4.78, 5) is 29.3. The fourth-order valence-corrected chi connectivity index (χ4v) is 12.2. The first-order valence-electron chi connectivity index (χ1n) is 32.8. The van der Waals surface area contributed by atoms with Crippen molar-refractivity contribution < 1.29 is 134 Å². The molecule has 5 saturated heterocycles. The first-order valence-corrected chi connectivity index (χ1v) is 32.8. The van der Waals surface area contributed by atoms with E-state index in [1.54, 1.807) is 92.8 Å². The number of fused-ring (bicyclic) bond motifs is 2. The molecule has 19 N–H and O–H groups in total. The molecule has 0 spiro atoms. The van der Waals surface area contributed by atoms with E-state index in [1.165, 1.54) is 13.0 Å². The number of amides is 1. The van der Waals surface area contributed by atoms with E-state index in [9.17, 15) is 96.4 Å².